The van der Waals surface area contributed by atoms with E-state index >= 15 is 0 Å². The first-order valence-electron chi connectivity index (χ1n) is 22.7. The van der Waals surface area contributed by atoms with E-state index in [2.05, 4.69) is 18.0 Å². The van der Waals surface area contributed by atoms with Crippen molar-refractivity contribution in [3.8, 4) is 23.0 Å². The zero-order chi connectivity index (χ0) is 47.9. The molecule has 3 aromatic carbocycles. The summed E-state index contributed by atoms with van der Waals surface area (Å²) in [5, 5.41) is 38.8. The lowest BCUT2D eigenvalue weighted by molar-refractivity contribution is -0.384. The maximum atomic E-state index is 14.2. The molecule has 3 aliphatic rings. The fraction of sp³-hybridized carbons (Fsp3) is 0.490. The topological polar surface area (TPSA) is 210 Å². The summed E-state index contributed by atoms with van der Waals surface area (Å²) in [6, 6.07) is 15.3. The number of alkyl halides is 1. The number of allylic oxidation sites excluding steroid dienone is 1. The number of nitrogens with one attached hydrogen (secondary N) is 1. The van der Waals surface area contributed by atoms with Gasteiger partial charge in [0.25, 0.3) is 5.69 Å². The molecule has 17 nitrogen and oxygen atoms in total. The minimum atomic E-state index is -1.56. The van der Waals surface area contributed by atoms with Crippen LogP contribution in [0, 0.1) is 27.9 Å². The Kier molecular flexibility index (Phi) is 18.3. The largest absolute Gasteiger partial charge is 0.497 e. The number of methoxy groups -OCH3 is 2. The first kappa shape index (κ1) is 50.5. The maximum absolute atomic E-state index is 14.2. The predicted molar refractivity (Wildman–Crippen MR) is 251 cm³/mol. The van der Waals surface area contributed by atoms with Crippen molar-refractivity contribution in [2.24, 2.45) is 22.9 Å². The third-order valence-electron chi connectivity index (χ3n) is 12.4. The van der Waals surface area contributed by atoms with Gasteiger partial charge in [0.05, 0.1) is 48.9 Å². The van der Waals surface area contributed by atoms with Crippen molar-refractivity contribution in [3.05, 3.63) is 106 Å². The zero-order valence-electron chi connectivity index (χ0n) is 38.2. The number of fused-ring (bicyclic) bond motifs is 2. The number of aliphatic hydroxyl groups excluding tert-OH is 2. The monoisotopic (exact) mass is 948 g/mol. The summed E-state index contributed by atoms with van der Waals surface area (Å²) in [5.74, 6) is -1.10. The van der Waals surface area contributed by atoms with Crippen molar-refractivity contribution in [2.75, 3.05) is 58.4 Å². The standard InChI is InChI=1S/C49H61ClN4O13/c1-5-22-53(48(58)63-26-21-50)44-30-41(52-65-31-32-13-15-34(16-14-32)54(59)60)38-27-33(11-7-9-23-55)37(12-8-10-24-56)45-39-28-36(18-20-42(39)67-49(44,46(38)45)64-25-6-2)66-47(57)51-40-19-17-35(61-3)29-43(40)62-4/h6,13-20,27-29,33,37,44-46,55-56H,2,5,7-12,21-26,30-31H2,1,3-4H3,(H,51,57). The average molecular weight is 949 g/mol. The molecular formula is C49H61ClN4O13. The molecular weight excluding hydrogens is 888 g/mol. The highest BCUT2D eigenvalue weighted by Crippen LogP contribution is 2.62. The molecule has 0 aromatic heterocycles. The zero-order valence-corrected chi connectivity index (χ0v) is 39.0. The van der Waals surface area contributed by atoms with Gasteiger partial charge in [-0.25, -0.2) is 9.59 Å². The number of carbonyl (C=O) groups excluding carboxylic acids is 2. The van der Waals surface area contributed by atoms with Gasteiger partial charge in [0, 0.05) is 55.9 Å². The van der Waals surface area contributed by atoms with E-state index in [0.29, 0.717) is 72.7 Å². The number of halogens is 1. The van der Waals surface area contributed by atoms with Gasteiger partial charge in [0.1, 0.15) is 42.3 Å². The van der Waals surface area contributed by atoms with E-state index in [1.54, 1.807) is 59.5 Å². The summed E-state index contributed by atoms with van der Waals surface area (Å²) in [4.78, 5) is 46.4. The molecule has 18 heteroatoms. The fourth-order valence-corrected chi connectivity index (χ4v) is 9.66. The molecule has 0 radical (unpaired) electrons. The second-order valence-electron chi connectivity index (χ2n) is 16.5. The maximum Gasteiger partial charge on any atom is 0.417 e. The molecule has 362 valence electrons. The van der Waals surface area contributed by atoms with Crippen LogP contribution in [0.25, 0.3) is 0 Å². The molecule has 0 saturated heterocycles. The average Bonchev–Trinajstić information content (AvgIpc) is 3.33. The van der Waals surface area contributed by atoms with Crippen LogP contribution in [0.2, 0.25) is 0 Å². The molecule has 0 bridgehead atoms. The van der Waals surface area contributed by atoms with Crippen molar-refractivity contribution in [2.45, 2.75) is 82.6 Å². The number of oxime groups is 1. The summed E-state index contributed by atoms with van der Waals surface area (Å²) in [6.45, 7) is 6.25. The van der Waals surface area contributed by atoms with Crippen LogP contribution in [-0.2, 0) is 20.9 Å². The van der Waals surface area contributed by atoms with Crippen LogP contribution in [0.3, 0.4) is 0 Å². The number of non-ortho nitro benzene ring substituents is 1. The Morgan fingerprint density at radius 1 is 1.03 bits per heavy atom. The molecule has 1 aliphatic heterocycles. The first-order chi connectivity index (χ1) is 32.5. The van der Waals surface area contributed by atoms with Gasteiger partial charge in [0.15, 0.2) is 0 Å². The molecule has 6 unspecified atom stereocenters. The number of aliphatic hydroxyl groups is 2. The summed E-state index contributed by atoms with van der Waals surface area (Å²) >= 11 is 6.02. The van der Waals surface area contributed by atoms with Gasteiger partial charge in [0.2, 0.25) is 5.79 Å². The quantitative estimate of drug-likeness (QED) is 0.0252. The highest BCUT2D eigenvalue weighted by molar-refractivity contribution is 6.18. The van der Waals surface area contributed by atoms with E-state index in [9.17, 15) is 29.9 Å². The predicted octanol–water partition coefficient (Wildman–Crippen LogP) is 9.14. The number of carbonyl (C=O) groups is 2. The number of nitro benzene ring substituents is 1. The number of nitro groups is 1. The highest BCUT2D eigenvalue weighted by Gasteiger charge is 2.65. The lowest BCUT2D eigenvalue weighted by Crippen LogP contribution is -2.70. The van der Waals surface area contributed by atoms with Crippen LogP contribution in [0.5, 0.6) is 23.0 Å². The van der Waals surface area contributed by atoms with Crippen molar-refractivity contribution in [1.82, 2.24) is 4.90 Å². The van der Waals surface area contributed by atoms with E-state index in [1.165, 1.54) is 26.4 Å². The summed E-state index contributed by atoms with van der Waals surface area (Å²) in [7, 11) is 3.01. The Morgan fingerprint density at radius 2 is 1.78 bits per heavy atom. The number of hydrogen-bond acceptors (Lipinski definition) is 14. The number of nitrogens with zero attached hydrogens (tertiary/aromatic N) is 3. The Morgan fingerprint density at radius 3 is 2.45 bits per heavy atom. The van der Waals surface area contributed by atoms with Gasteiger partial charge in [-0.1, -0.05) is 37.1 Å². The lowest BCUT2D eigenvalue weighted by atomic mass is 9.55. The molecule has 2 amide bonds. The second kappa shape index (κ2) is 24.2. The van der Waals surface area contributed by atoms with Gasteiger partial charge >= 0.3 is 12.2 Å². The number of amides is 2. The molecule has 1 fully saturated rings. The van der Waals surface area contributed by atoms with Gasteiger partial charge < -0.3 is 43.5 Å². The molecule has 0 spiro atoms. The van der Waals surface area contributed by atoms with E-state index in [0.717, 1.165) is 17.6 Å². The summed E-state index contributed by atoms with van der Waals surface area (Å²) in [6.07, 6.45) is 7.10. The number of benzene rings is 3. The van der Waals surface area contributed by atoms with Gasteiger partial charge in [-0.2, -0.15) is 0 Å². The number of rotatable bonds is 24. The van der Waals surface area contributed by atoms with Crippen molar-refractivity contribution in [1.29, 1.82) is 0 Å². The van der Waals surface area contributed by atoms with Crippen molar-refractivity contribution < 1.29 is 58.0 Å². The fourth-order valence-electron chi connectivity index (χ4n) is 9.58. The second-order valence-corrected chi connectivity index (χ2v) is 16.9. The molecule has 1 saturated carbocycles. The van der Waals surface area contributed by atoms with E-state index in [4.69, 9.17) is 50.0 Å². The SMILES string of the molecule is C=CCOC12Oc3ccc(OC(=O)Nc4ccc(OC)cc4OC)cc3C3C(CCCCO)C(CCCCO)C=C(C(=NOCc4ccc([N+](=O)[O-])cc4)CC1N(CCC)C(=O)OCCCl)C32. The molecule has 2 aliphatic carbocycles. The van der Waals surface area contributed by atoms with Crippen LogP contribution in [0.15, 0.2) is 90.1 Å². The molecule has 3 aromatic rings. The van der Waals surface area contributed by atoms with Gasteiger partial charge in [-0.15, -0.1) is 18.2 Å². The Labute approximate surface area is 395 Å². The lowest BCUT2D eigenvalue weighted by Gasteiger charge is -2.59. The Bertz CT molecular complexity index is 2240. The Balaban J connectivity index is 1.52. The summed E-state index contributed by atoms with van der Waals surface area (Å²) < 4.78 is 36.7. The third kappa shape index (κ3) is 11.8. The number of anilines is 1. The van der Waals surface area contributed by atoms with E-state index < -0.39 is 40.8 Å². The van der Waals surface area contributed by atoms with Crippen LogP contribution in [0.1, 0.15) is 75.3 Å². The Hall–Kier alpha value is -5.88. The number of ether oxygens (including phenoxy) is 6. The highest BCUT2D eigenvalue weighted by atomic mass is 35.5. The van der Waals surface area contributed by atoms with Gasteiger partial charge in [-0.05, 0) is 97.5 Å². The third-order valence-corrected chi connectivity index (χ3v) is 12.6. The first-order valence-corrected chi connectivity index (χ1v) is 23.2. The number of unbranched alkanes of at least 4 members (excludes halogenated alkanes) is 2. The van der Waals surface area contributed by atoms with Crippen LogP contribution < -0.4 is 24.3 Å². The molecule has 6 rings (SSSR count). The molecule has 3 N–H and O–H groups in total. The number of hydrogen-bond donors (Lipinski definition) is 3. The summed E-state index contributed by atoms with van der Waals surface area (Å²) in [5.41, 5.74) is 3.03. The minimum Gasteiger partial charge on any atom is -0.497 e. The van der Waals surface area contributed by atoms with E-state index in [1.807, 2.05) is 6.92 Å². The molecule has 6 atom stereocenters. The van der Waals surface area contributed by atoms with Crippen molar-refractivity contribution in [3.63, 3.8) is 0 Å². The van der Waals surface area contributed by atoms with Crippen LogP contribution >= 0.6 is 11.6 Å². The van der Waals surface area contributed by atoms with Crippen LogP contribution in [0.4, 0.5) is 21.0 Å². The minimum absolute atomic E-state index is 0.00368. The molecule has 1 heterocycles. The molecule has 67 heavy (non-hydrogen) atoms. The van der Waals surface area contributed by atoms with E-state index in [-0.39, 0.29) is 75.2 Å². The van der Waals surface area contributed by atoms with Crippen molar-refractivity contribution >= 4 is 40.9 Å². The van der Waals surface area contributed by atoms with Crippen LogP contribution in [-0.4, -0.2) is 103 Å². The normalized spacial score (nSPS) is 22.0. The van der Waals surface area contributed by atoms with Gasteiger partial charge in [-0.3, -0.25) is 20.3 Å². The smallest absolute Gasteiger partial charge is 0.417 e.